The summed E-state index contributed by atoms with van der Waals surface area (Å²) in [7, 11) is 0. The van der Waals surface area contributed by atoms with E-state index in [9.17, 15) is 13.9 Å². The molecule has 17 heavy (non-hydrogen) atoms. The summed E-state index contributed by atoms with van der Waals surface area (Å²) in [6.07, 6.45) is -0.751. The highest BCUT2D eigenvalue weighted by Gasteiger charge is 2.14. The molecule has 0 fully saturated rings. The van der Waals surface area contributed by atoms with E-state index in [1.807, 2.05) is 5.38 Å². The van der Waals surface area contributed by atoms with Crippen LogP contribution in [0.3, 0.4) is 0 Å². The summed E-state index contributed by atoms with van der Waals surface area (Å²) < 4.78 is 27.2. The van der Waals surface area contributed by atoms with E-state index in [-0.39, 0.29) is 12.0 Å². The Balaban J connectivity index is 2.18. The third kappa shape index (κ3) is 3.12. The van der Waals surface area contributed by atoms with Gasteiger partial charge in [0.25, 0.3) is 0 Å². The molecule has 0 aliphatic heterocycles. The first-order chi connectivity index (χ1) is 8.06. The number of aliphatic hydroxyl groups excluding tert-OH is 1. The number of benzene rings is 1. The van der Waals surface area contributed by atoms with Gasteiger partial charge in [-0.2, -0.15) is 0 Å². The van der Waals surface area contributed by atoms with Crippen molar-refractivity contribution in [2.45, 2.75) is 12.5 Å². The molecule has 2 aromatic rings. The Morgan fingerprint density at radius 1 is 1.29 bits per heavy atom. The molecule has 0 aliphatic rings. The van der Waals surface area contributed by atoms with Crippen molar-refractivity contribution in [2.75, 3.05) is 0 Å². The van der Waals surface area contributed by atoms with Gasteiger partial charge in [0.2, 0.25) is 0 Å². The maximum Gasteiger partial charge on any atom is 0.126 e. The van der Waals surface area contributed by atoms with Crippen molar-refractivity contribution in [3.63, 3.8) is 0 Å². The molecular formula is C12H9BrF2OS. The summed E-state index contributed by atoms with van der Waals surface area (Å²) in [5.41, 5.74) is 0.182. The van der Waals surface area contributed by atoms with E-state index in [0.29, 0.717) is 0 Å². The van der Waals surface area contributed by atoms with Crippen LogP contribution in [0.2, 0.25) is 0 Å². The summed E-state index contributed by atoms with van der Waals surface area (Å²) in [6.45, 7) is 0. The molecular weight excluding hydrogens is 310 g/mol. The zero-order chi connectivity index (χ0) is 12.4. The second kappa shape index (κ2) is 5.25. The quantitative estimate of drug-likeness (QED) is 0.904. The van der Waals surface area contributed by atoms with Crippen molar-refractivity contribution in [3.8, 4) is 0 Å². The fraction of sp³-hybridized carbons (Fsp3) is 0.167. The Morgan fingerprint density at radius 2 is 2.06 bits per heavy atom. The Hall–Kier alpha value is -0.780. The molecule has 0 amide bonds. The van der Waals surface area contributed by atoms with Gasteiger partial charge in [-0.1, -0.05) is 0 Å². The molecule has 90 valence electrons. The van der Waals surface area contributed by atoms with Gasteiger partial charge in [0.15, 0.2) is 0 Å². The van der Waals surface area contributed by atoms with E-state index >= 15 is 0 Å². The predicted molar refractivity (Wildman–Crippen MR) is 67.0 cm³/mol. The lowest BCUT2D eigenvalue weighted by atomic mass is 10.1. The lowest BCUT2D eigenvalue weighted by Gasteiger charge is -2.09. The molecule has 1 nitrogen and oxygen atoms in total. The van der Waals surface area contributed by atoms with Crippen LogP contribution in [0.5, 0.6) is 0 Å². The van der Waals surface area contributed by atoms with E-state index < -0.39 is 17.7 Å². The van der Waals surface area contributed by atoms with Crippen LogP contribution in [0, 0.1) is 11.6 Å². The normalized spacial score (nSPS) is 12.7. The largest absolute Gasteiger partial charge is 0.387 e. The zero-order valence-electron chi connectivity index (χ0n) is 8.66. The molecule has 0 bridgehead atoms. The number of hydrogen-bond acceptors (Lipinski definition) is 2. The highest BCUT2D eigenvalue weighted by Crippen LogP contribution is 2.28. The first-order valence-electron chi connectivity index (χ1n) is 4.92. The smallest absolute Gasteiger partial charge is 0.126 e. The van der Waals surface area contributed by atoms with Gasteiger partial charge in [-0.3, -0.25) is 0 Å². The lowest BCUT2D eigenvalue weighted by molar-refractivity contribution is 0.181. The molecule has 1 heterocycles. The molecule has 1 aromatic carbocycles. The molecule has 0 saturated carbocycles. The maximum absolute atomic E-state index is 13.4. The highest BCUT2D eigenvalue weighted by atomic mass is 79.9. The minimum atomic E-state index is -0.817. The van der Waals surface area contributed by atoms with E-state index in [1.54, 1.807) is 6.07 Å². The van der Waals surface area contributed by atoms with Crippen molar-refractivity contribution >= 4 is 27.3 Å². The molecule has 0 spiro atoms. The standard InChI is InChI=1S/C12H9BrF2OS/c13-8-5-12(17-6-8)11(16)4-7-3-9(14)1-2-10(7)15/h1-3,5-6,11,16H,4H2. The van der Waals surface area contributed by atoms with Crippen LogP contribution in [0.15, 0.2) is 34.1 Å². The second-order valence-electron chi connectivity index (χ2n) is 3.62. The highest BCUT2D eigenvalue weighted by molar-refractivity contribution is 9.10. The number of aliphatic hydroxyl groups is 1. The fourth-order valence-electron chi connectivity index (χ4n) is 1.51. The number of hydrogen-bond donors (Lipinski definition) is 1. The Morgan fingerprint density at radius 3 is 2.71 bits per heavy atom. The van der Waals surface area contributed by atoms with Gasteiger partial charge < -0.3 is 5.11 Å². The monoisotopic (exact) mass is 318 g/mol. The summed E-state index contributed by atoms with van der Waals surface area (Å²) in [5, 5.41) is 11.7. The van der Waals surface area contributed by atoms with Gasteiger partial charge >= 0.3 is 0 Å². The molecule has 1 aromatic heterocycles. The molecule has 2 rings (SSSR count). The van der Waals surface area contributed by atoms with Crippen LogP contribution in [0.4, 0.5) is 8.78 Å². The van der Waals surface area contributed by atoms with Gasteiger partial charge in [0.1, 0.15) is 11.6 Å². The maximum atomic E-state index is 13.4. The molecule has 0 saturated heterocycles. The van der Waals surface area contributed by atoms with Crippen LogP contribution in [0.25, 0.3) is 0 Å². The predicted octanol–water partition coefficient (Wildman–Crippen LogP) is 4.06. The van der Waals surface area contributed by atoms with Gasteiger partial charge in [-0.25, -0.2) is 8.78 Å². The van der Waals surface area contributed by atoms with Crippen molar-refractivity contribution in [1.82, 2.24) is 0 Å². The van der Waals surface area contributed by atoms with Gasteiger partial charge in [-0.15, -0.1) is 11.3 Å². The summed E-state index contributed by atoms with van der Waals surface area (Å²) >= 11 is 4.65. The Bertz CT molecular complexity index is 527. The van der Waals surface area contributed by atoms with Gasteiger partial charge in [0.05, 0.1) is 6.10 Å². The topological polar surface area (TPSA) is 20.2 Å². The number of rotatable bonds is 3. The van der Waals surface area contributed by atoms with E-state index in [4.69, 9.17) is 0 Å². The van der Waals surface area contributed by atoms with E-state index in [2.05, 4.69) is 15.9 Å². The van der Waals surface area contributed by atoms with Crippen LogP contribution in [-0.2, 0) is 6.42 Å². The van der Waals surface area contributed by atoms with Crippen LogP contribution < -0.4 is 0 Å². The molecule has 0 radical (unpaired) electrons. The summed E-state index contributed by atoms with van der Waals surface area (Å²) in [6, 6.07) is 5.02. The summed E-state index contributed by atoms with van der Waals surface area (Å²) in [5.74, 6) is -0.998. The van der Waals surface area contributed by atoms with Crippen molar-refractivity contribution in [3.05, 3.63) is 56.2 Å². The molecule has 5 heteroatoms. The molecule has 1 atom stereocenters. The van der Waals surface area contributed by atoms with Crippen molar-refractivity contribution in [2.24, 2.45) is 0 Å². The minimum absolute atomic E-state index is 0.0660. The minimum Gasteiger partial charge on any atom is -0.387 e. The van der Waals surface area contributed by atoms with Crippen LogP contribution in [0.1, 0.15) is 16.5 Å². The SMILES string of the molecule is OC(Cc1cc(F)ccc1F)c1cc(Br)cs1. The lowest BCUT2D eigenvalue weighted by Crippen LogP contribution is -2.02. The van der Waals surface area contributed by atoms with Crippen LogP contribution in [-0.4, -0.2) is 5.11 Å². The van der Waals surface area contributed by atoms with Crippen molar-refractivity contribution in [1.29, 1.82) is 0 Å². The average Bonchev–Trinajstić information content (AvgIpc) is 2.70. The fourth-order valence-corrected chi connectivity index (χ4v) is 2.94. The van der Waals surface area contributed by atoms with E-state index in [1.165, 1.54) is 11.3 Å². The summed E-state index contributed by atoms with van der Waals surface area (Å²) in [4.78, 5) is 0.723. The number of thiophene rings is 1. The second-order valence-corrected chi connectivity index (χ2v) is 5.48. The van der Waals surface area contributed by atoms with E-state index in [0.717, 1.165) is 27.5 Å². The van der Waals surface area contributed by atoms with Crippen molar-refractivity contribution < 1.29 is 13.9 Å². The Kier molecular flexibility index (Phi) is 3.91. The van der Waals surface area contributed by atoms with Gasteiger partial charge in [0, 0.05) is 21.2 Å². The Labute approximate surface area is 110 Å². The zero-order valence-corrected chi connectivity index (χ0v) is 11.1. The van der Waals surface area contributed by atoms with Gasteiger partial charge in [-0.05, 0) is 45.8 Å². The first kappa shape index (κ1) is 12.7. The number of halogens is 3. The first-order valence-corrected chi connectivity index (χ1v) is 6.59. The molecule has 0 aliphatic carbocycles. The molecule has 1 N–H and O–H groups in total. The van der Waals surface area contributed by atoms with Crippen LogP contribution >= 0.6 is 27.3 Å². The third-order valence-corrected chi connectivity index (χ3v) is 4.13. The molecule has 1 unspecified atom stereocenters. The third-order valence-electron chi connectivity index (χ3n) is 2.34. The average molecular weight is 319 g/mol.